The van der Waals surface area contributed by atoms with Crippen LogP contribution in [0.3, 0.4) is 0 Å². The van der Waals surface area contributed by atoms with E-state index in [2.05, 4.69) is 0 Å². The van der Waals surface area contributed by atoms with Crippen molar-refractivity contribution in [3.63, 3.8) is 0 Å². The summed E-state index contributed by atoms with van der Waals surface area (Å²) in [7, 11) is 0. The Labute approximate surface area is 77.3 Å². The van der Waals surface area contributed by atoms with E-state index in [1.54, 1.807) is 12.2 Å². The predicted molar refractivity (Wildman–Crippen MR) is 50.5 cm³/mol. The van der Waals surface area contributed by atoms with Gasteiger partial charge >= 0.3 is 0 Å². The number of amides is 2. The van der Waals surface area contributed by atoms with Crippen LogP contribution in [0.2, 0.25) is 0 Å². The van der Waals surface area contributed by atoms with Crippen molar-refractivity contribution in [1.29, 1.82) is 0 Å². The summed E-state index contributed by atoms with van der Waals surface area (Å²) >= 11 is 0. The first-order valence-corrected chi connectivity index (χ1v) is 4.05. The molecule has 0 aliphatic carbocycles. The lowest BCUT2D eigenvalue weighted by atomic mass is 10.2. The van der Waals surface area contributed by atoms with Crippen LogP contribution < -0.4 is 11.5 Å². The summed E-state index contributed by atoms with van der Waals surface area (Å²) in [6, 6.07) is 0. The van der Waals surface area contributed by atoms with Crippen LogP contribution in [0.1, 0.15) is 19.3 Å². The maximum absolute atomic E-state index is 10.2. The van der Waals surface area contributed by atoms with Crippen LogP contribution >= 0.6 is 0 Å². The van der Waals surface area contributed by atoms with Crippen molar-refractivity contribution in [1.82, 2.24) is 0 Å². The molecule has 0 heterocycles. The molecular formula is C9H14N2O2. The van der Waals surface area contributed by atoms with Crippen molar-refractivity contribution in [2.24, 2.45) is 11.5 Å². The number of nitrogens with two attached hydrogens (primary N) is 2. The van der Waals surface area contributed by atoms with Crippen LogP contribution in [0.15, 0.2) is 24.3 Å². The average Bonchev–Trinajstić information content (AvgIpc) is 2.01. The van der Waals surface area contributed by atoms with Crippen molar-refractivity contribution in [3.05, 3.63) is 24.3 Å². The number of carbonyl (C=O) groups is 2. The fourth-order valence-electron chi connectivity index (χ4n) is 0.753. The molecule has 2 amide bonds. The molecule has 4 N–H and O–H groups in total. The van der Waals surface area contributed by atoms with Crippen molar-refractivity contribution >= 4 is 11.8 Å². The molecule has 0 aromatic carbocycles. The molecule has 0 saturated carbocycles. The number of unbranched alkanes of at least 4 members (excludes halogenated alkanes) is 2. The van der Waals surface area contributed by atoms with E-state index < -0.39 is 11.8 Å². The van der Waals surface area contributed by atoms with Gasteiger partial charge in [0.1, 0.15) is 0 Å². The molecule has 0 rings (SSSR count). The Morgan fingerprint density at radius 1 is 0.923 bits per heavy atom. The first-order chi connectivity index (χ1) is 6.13. The van der Waals surface area contributed by atoms with Gasteiger partial charge in [-0.1, -0.05) is 12.2 Å². The highest BCUT2D eigenvalue weighted by Gasteiger charge is 1.85. The van der Waals surface area contributed by atoms with E-state index in [1.165, 1.54) is 12.2 Å². The lowest BCUT2D eigenvalue weighted by Gasteiger charge is -1.88. The minimum Gasteiger partial charge on any atom is -0.366 e. The molecule has 0 bridgehead atoms. The van der Waals surface area contributed by atoms with Crippen molar-refractivity contribution in [3.8, 4) is 0 Å². The Morgan fingerprint density at radius 3 is 1.62 bits per heavy atom. The maximum Gasteiger partial charge on any atom is 0.241 e. The monoisotopic (exact) mass is 182 g/mol. The number of hydrogen-bond donors (Lipinski definition) is 2. The minimum absolute atomic E-state index is 0.437. The second-order valence-electron chi connectivity index (χ2n) is 2.54. The van der Waals surface area contributed by atoms with Crippen LogP contribution in [0, 0.1) is 0 Å². The van der Waals surface area contributed by atoms with Gasteiger partial charge in [0, 0.05) is 0 Å². The summed E-state index contributed by atoms with van der Waals surface area (Å²) in [5.74, 6) is -0.875. The van der Waals surface area contributed by atoms with E-state index >= 15 is 0 Å². The summed E-state index contributed by atoms with van der Waals surface area (Å²) in [4.78, 5) is 20.5. The molecule has 13 heavy (non-hydrogen) atoms. The molecule has 0 radical (unpaired) electrons. The average molecular weight is 182 g/mol. The molecule has 4 nitrogen and oxygen atoms in total. The minimum atomic E-state index is -0.437. The Morgan fingerprint density at radius 2 is 1.31 bits per heavy atom. The Bertz CT molecular complexity index is 208. The number of allylic oxidation sites excluding steroid dienone is 2. The molecular weight excluding hydrogens is 168 g/mol. The van der Waals surface area contributed by atoms with Crippen LogP contribution in [-0.4, -0.2) is 11.8 Å². The van der Waals surface area contributed by atoms with Gasteiger partial charge in [-0.25, -0.2) is 0 Å². The van der Waals surface area contributed by atoms with E-state index in [0.29, 0.717) is 0 Å². The highest BCUT2D eigenvalue weighted by Crippen LogP contribution is 1.97. The van der Waals surface area contributed by atoms with Gasteiger partial charge in [-0.3, -0.25) is 9.59 Å². The fourth-order valence-corrected chi connectivity index (χ4v) is 0.753. The number of rotatable bonds is 6. The molecule has 0 aliphatic rings. The molecule has 0 aromatic rings. The zero-order valence-corrected chi connectivity index (χ0v) is 7.40. The molecule has 0 fully saturated rings. The molecule has 0 aromatic heterocycles. The van der Waals surface area contributed by atoms with Gasteiger partial charge in [-0.15, -0.1) is 0 Å². The first kappa shape index (κ1) is 11.4. The zero-order valence-electron chi connectivity index (χ0n) is 7.40. The smallest absolute Gasteiger partial charge is 0.241 e. The Balaban J connectivity index is 3.36. The van der Waals surface area contributed by atoms with Crippen LogP contribution in [-0.2, 0) is 9.59 Å². The van der Waals surface area contributed by atoms with Crippen LogP contribution in [0.4, 0.5) is 0 Å². The summed E-state index contributed by atoms with van der Waals surface area (Å²) in [6.45, 7) is 0. The second-order valence-corrected chi connectivity index (χ2v) is 2.54. The van der Waals surface area contributed by atoms with Gasteiger partial charge in [0.25, 0.3) is 0 Å². The first-order valence-electron chi connectivity index (χ1n) is 4.05. The topological polar surface area (TPSA) is 86.2 Å². The van der Waals surface area contributed by atoms with Crippen molar-refractivity contribution in [2.45, 2.75) is 19.3 Å². The zero-order chi connectivity index (χ0) is 10.1. The van der Waals surface area contributed by atoms with Crippen molar-refractivity contribution < 1.29 is 9.59 Å². The van der Waals surface area contributed by atoms with E-state index in [1.807, 2.05) is 0 Å². The SMILES string of the molecule is NC(=O)/C=C/CCC/C=C/C(N)=O. The third-order valence-electron chi connectivity index (χ3n) is 1.31. The highest BCUT2D eigenvalue weighted by molar-refractivity contribution is 5.86. The lowest BCUT2D eigenvalue weighted by molar-refractivity contribution is -0.114. The third kappa shape index (κ3) is 10.4. The van der Waals surface area contributed by atoms with E-state index in [0.717, 1.165) is 19.3 Å². The molecule has 4 heteroatoms. The van der Waals surface area contributed by atoms with Crippen LogP contribution in [0.25, 0.3) is 0 Å². The molecule has 0 spiro atoms. The van der Waals surface area contributed by atoms with Gasteiger partial charge in [0.05, 0.1) is 0 Å². The van der Waals surface area contributed by atoms with E-state index in [9.17, 15) is 9.59 Å². The lowest BCUT2D eigenvalue weighted by Crippen LogP contribution is -2.05. The Hall–Kier alpha value is -1.58. The fraction of sp³-hybridized carbons (Fsp3) is 0.333. The van der Waals surface area contributed by atoms with E-state index in [4.69, 9.17) is 11.5 Å². The quantitative estimate of drug-likeness (QED) is 0.455. The normalized spacial score (nSPS) is 11.1. The summed E-state index contributed by atoms with van der Waals surface area (Å²) in [5.41, 5.74) is 9.74. The number of primary amides is 2. The van der Waals surface area contributed by atoms with Gasteiger partial charge in [-0.05, 0) is 31.4 Å². The number of carbonyl (C=O) groups excluding carboxylic acids is 2. The maximum atomic E-state index is 10.2. The van der Waals surface area contributed by atoms with Gasteiger partial charge in [0.15, 0.2) is 0 Å². The molecule has 0 aliphatic heterocycles. The molecule has 0 unspecified atom stereocenters. The molecule has 0 saturated heterocycles. The standard InChI is InChI=1S/C9H14N2O2/c10-8(12)6-4-2-1-3-5-7-9(11)13/h4-7H,1-3H2,(H2,10,12)(H2,11,13)/b6-4+,7-5+. The summed E-state index contributed by atoms with van der Waals surface area (Å²) in [6.07, 6.45) is 8.49. The third-order valence-corrected chi connectivity index (χ3v) is 1.31. The molecule has 72 valence electrons. The summed E-state index contributed by atoms with van der Waals surface area (Å²) < 4.78 is 0. The van der Waals surface area contributed by atoms with Crippen molar-refractivity contribution in [2.75, 3.05) is 0 Å². The van der Waals surface area contributed by atoms with Gasteiger partial charge in [0.2, 0.25) is 11.8 Å². The van der Waals surface area contributed by atoms with Gasteiger partial charge in [-0.2, -0.15) is 0 Å². The summed E-state index contributed by atoms with van der Waals surface area (Å²) in [5, 5.41) is 0. The second kappa shape index (κ2) is 7.09. The van der Waals surface area contributed by atoms with Gasteiger partial charge < -0.3 is 11.5 Å². The predicted octanol–water partition coefficient (Wildman–Crippen LogP) is 0.240. The Kier molecular flexibility index (Phi) is 6.23. The van der Waals surface area contributed by atoms with Crippen LogP contribution in [0.5, 0.6) is 0 Å². The highest BCUT2D eigenvalue weighted by atomic mass is 16.1. The molecule has 0 atom stereocenters. The number of hydrogen-bond acceptors (Lipinski definition) is 2. The largest absolute Gasteiger partial charge is 0.366 e. The van der Waals surface area contributed by atoms with E-state index in [-0.39, 0.29) is 0 Å².